The summed E-state index contributed by atoms with van der Waals surface area (Å²) in [4.78, 5) is 16.0. The lowest BCUT2D eigenvalue weighted by molar-refractivity contribution is 0.0955. The summed E-state index contributed by atoms with van der Waals surface area (Å²) in [5.74, 6) is 0.477. The first-order valence-corrected chi connectivity index (χ1v) is 6.68. The molecule has 1 aromatic carbocycles. The number of carbonyl (C=O) groups excluding carboxylic acids is 1. The third-order valence-corrected chi connectivity index (χ3v) is 2.83. The van der Waals surface area contributed by atoms with Gasteiger partial charge in [0.2, 0.25) is 0 Å². The summed E-state index contributed by atoms with van der Waals surface area (Å²) in [6.07, 6.45) is 3.39. The summed E-state index contributed by atoms with van der Waals surface area (Å²) in [6.45, 7) is 4.33. The van der Waals surface area contributed by atoms with E-state index in [0.29, 0.717) is 17.9 Å². The Kier molecular flexibility index (Phi) is 5.04. The quantitative estimate of drug-likeness (QED) is 0.677. The highest BCUT2D eigenvalue weighted by molar-refractivity contribution is 6.00. The van der Waals surface area contributed by atoms with Gasteiger partial charge in [0.05, 0.1) is 12.3 Å². The van der Waals surface area contributed by atoms with Gasteiger partial charge in [0.1, 0.15) is 5.75 Å². The van der Waals surface area contributed by atoms with Crippen molar-refractivity contribution in [3.05, 3.63) is 59.9 Å². The first-order chi connectivity index (χ1) is 10.2. The van der Waals surface area contributed by atoms with Gasteiger partial charge in [-0.15, -0.1) is 0 Å². The van der Waals surface area contributed by atoms with Crippen molar-refractivity contribution in [1.29, 1.82) is 0 Å². The molecule has 5 heteroatoms. The molecule has 108 valence electrons. The molecule has 0 saturated heterocycles. The van der Waals surface area contributed by atoms with Gasteiger partial charge >= 0.3 is 0 Å². The van der Waals surface area contributed by atoms with Gasteiger partial charge in [-0.25, -0.2) is 5.43 Å². The van der Waals surface area contributed by atoms with Crippen LogP contribution in [-0.4, -0.2) is 23.2 Å². The van der Waals surface area contributed by atoms with Crippen molar-refractivity contribution < 1.29 is 9.53 Å². The number of hydrogen-bond donors (Lipinski definition) is 1. The second-order valence-corrected chi connectivity index (χ2v) is 4.34. The van der Waals surface area contributed by atoms with Crippen molar-refractivity contribution in [2.75, 3.05) is 6.61 Å². The van der Waals surface area contributed by atoms with Gasteiger partial charge in [0, 0.05) is 23.5 Å². The molecule has 5 nitrogen and oxygen atoms in total. The largest absolute Gasteiger partial charge is 0.494 e. The molecule has 21 heavy (non-hydrogen) atoms. The molecular weight excluding hydrogens is 266 g/mol. The summed E-state index contributed by atoms with van der Waals surface area (Å²) in [6, 6.07) is 10.6. The van der Waals surface area contributed by atoms with Crippen molar-refractivity contribution in [2.45, 2.75) is 13.8 Å². The molecule has 1 amide bonds. The molecule has 0 aliphatic heterocycles. The Bertz CT molecular complexity index is 622. The zero-order chi connectivity index (χ0) is 15.1. The highest BCUT2D eigenvalue weighted by Gasteiger charge is 2.05. The number of nitrogens with zero attached hydrogens (tertiary/aromatic N) is 2. The number of amides is 1. The van der Waals surface area contributed by atoms with Crippen molar-refractivity contribution in [2.24, 2.45) is 5.10 Å². The monoisotopic (exact) mass is 283 g/mol. The van der Waals surface area contributed by atoms with E-state index in [1.54, 1.807) is 36.7 Å². The minimum atomic E-state index is -0.263. The highest BCUT2D eigenvalue weighted by atomic mass is 16.5. The SMILES string of the molecule is CCOc1ccc(C(=O)N/N=C(\C)c2cccnc2)cc1. The lowest BCUT2D eigenvalue weighted by atomic mass is 10.2. The number of pyridine rings is 1. The van der Waals surface area contributed by atoms with Crippen LogP contribution in [0.3, 0.4) is 0 Å². The van der Waals surface area contributed by atoms with Crippen molar-refractivity contribution in [3.8, 4) is 5.75 Å². The van der Waals surface area contributed by atoms with E-state index in [-0.39, 0.29) is 5.91 Å². The van der Waals surface area contributed by atoms with Crippen LogP contribution in [0.2, 0.25) is 0 Å². The maximum absolute atomic E-state index is 12.0. The topological polar surface area (TPSA) is 63.6 Å². The molecule has 0 atom stereocenters. The maximum atomic E-state index is 12.0. The number of ether oxygens (including phenoxy) is 1. The van der Waals surface area contributed by atoms with Crippen LogP contribution in [-0.2, 0) is 0 Å². The third kappa shape index (κ3) is 4.14. The molecule has 0 spiro atoms. The summed E-state index contributed by atoms with van der Waals surface area (Å²) in [5.41, 5.74) is 4.62. The van der Waals surface area contributed by atoms with Crippen LogP contribution in [0.5, 0.6) is 5.75 Å². The zero-order valence-corrected chi connectivity index (χ0v) is 12.0. The van der Waals surface area contributed by atoms with E-state index in [4.69, 9.17) is 4.74 Å². The highest BCUT2D eigenvalue weighted by Crippen LogP contribution is 2.12. The van der Waals surface area contributed by atoms with Crippen molar-refractivity contribution >= 4 is 11.6 Å². The number of rotatable bonds is 5. The molecule has 2 aromatic rings. The number of hydrogen-bond acceptors (Lipinski definition) is 4. The van der Waals surface area contributed by atoms with E-state index < -0.39 is 0 Å². The van der Waals surface area contributed by atoms with Crippen LogP contribution < -0.4 is 10.2 Å². The van der Waals surface area contributed by atoms with Gasteiger partial charge in [0.15, 0.2) is 0 Å². The van der Waals surface area contributed by atoms with Crippen LogP contribution in [0.25, 0.3) is 0 Å². The predicted octanol–water partition coefficient (Wildman–Crippen LogP) is 2.63. The normalized spacial score (nSPS) is 11.0. The first-order valence-electron chi connectivity index (χ1n) is 6.68. The molecule has 0 aliphatic rings. The van der Waals surface area contributed by atoms with Gasteiger partial charge in [-0.1, -0.05) is 6.07 Å². The zero-order valence-electron chi connectivity index (χ0n) is 12.0. The maximum Gasteiger partial charge on any atom is 0.271 e. The molecule has 1 N–H and O–H groups in total. The molecule has 0 fully saturated rings. The Morgan fingerprint density at radius 2 is 2.00 bits per heavy atom. The Morgan fingerprint density at radius 3 is 2.62 bits per heavy atom. The standard InChI is InChI=1S/C16H17N3O2/c1-3-21-15-8-6-13(7-9-15)16(20)19-18-12(2)14-5-4-10-17-11-14/h4-11H,3H2,1-2H3,(H,19,20)/b18-12+. The van der Waals surface area contributed by atoms with Gasteiger partial charge in [-0.3, -0.25) is 9.78 Å². The lowest BCUT2D eigenvalue weighted by Gasteiger charge is -2.05. The molecule has 0 radical (unpaired) electrons. The Labute approximate surface area is 123 Å². The molecule has 1 aromatic heterocycles. The molecule has 2 rings (SSSR count). The smallest absolute Gasteiger partial charge is 0.271 e. The number of benzene rings is 1. The van der Waals surface area contributed by atoms with Crippen molar-refractivity contribution in [3.63, 3.8) is 0 Å². The van der Waals surface area contributed by atoms with Crippen LogP contribution in [0.4, 0.5) is 0 Å². The lowest BCUT2D eigenvalue weighted by Crippen LogP contribution is -2.19. The van der Waals surface area contributed by atoms with Crippen molar-refractivity contribution in [1.82, 2.24) is 10.4 Å². The fraction of sp³-hybridized carbons (Fsp3) is 0.188. The third-order valence-electron chi connectivity index (χ3n) is 2.83. The molecular formula is C16H17N3O2. The minimum Gasteiger partial charge on any atom is -0.494 e. The Balaban J connectivity index is 2.01. The van der Waals surface area contributed by atoms with E-state index in [9.17, 15) is 4.79 Å². The fourth-order valence-corrected chi connectivity index (χ4v) is 1.71. The summed E-state index contributed by atoms with van der Waals surface area (Å²) in [5, 5.41) is 4.08. The van der Waals surface area contributed by atoms with Gasteiger partial charge < -0.3 is 4.74 Å². The van der Waals surface area contributed by atoms with Crippen LogP contribution in [0.15, 0.2) is 53.9 Å². The van der Waals surface area contributed by atoms with E-state index >= 15 is 0 Å². The predicted molar refractivity (Wildman–Crippen MR) is 81.5 cm³/mol. The molecule has 1 heterocycles. The summed E-state index contributed by atoms with van der Waals surface area (Å²) < 4.78 is 5.33. The molecule has 0 saturated carbocycles. The Hall–Kier alpha value is -2.69. The van der Waals surface area contributed by atoms with Crippen LogP contribution in [0, 0.1) is 0 Å². The van der Waals surface area contributed by atoms with Crippen LogP contribution >= 0.6 is 0 Å². The summed E-state index contributed by atoms with van der Waals surface area (Å²) >= 11 is 0. The van der Waals surface area contributed by atoms with Gasteiger partial charge in [-0.05, 0) is 44.2 Å². The molecule has 0 bridgehead atoms. The average Bonchev–Trinajstić information content (AvgIpc) is 2.54. The van der Waals surface area contributed by atoms with Gasteiger partial charge in [0.25, 0.3) is 5.91 Å². The Morgan fingerprint density at radius 1 is 1.24 bits per heavy atom. The second kappa shape index (κ2) is 7.19. The van der Waals surface area contributed by atoms with E-state index in [1.807, 2.05) is 26.0 Å². The molecule has 0 aliphatic carbocycles. The minimum absolute atomic E-state index is 0.263. The number of nitrogens with one attached hydrogen (secondary N) is 1. The van der Waals surface area contributed by atoms with Crippen LogP contribution in [0.1, 0.15) is 29.8 Å². The van der Waals surface area contributed by atoms with E-state index in [0.717, 1.165) is 11.3 Å². The molecule has 0 unspecified atom stereocenters. The first kappa shape index (κ1) is 14.7. The fourth-order valence-electron chi connectivity index (χ4n) is 1.71. The average molecular weight is 283 g/mol. The summed E-state index contributed by atoms with van der Waals surface area (Å²) in [7, 11) is 0. The van der Waals surface area contributed by atoms with Gasteiger partial charge in [-0.2, -0.15) is 5.10 Å². The number of aromatic nitrogens is 1. The number of carbonyl (C=O) groups is 1. The van der Waals surface area contributed by atoms with E-state index in [1.165, 1.54) is 0 Å². The number of hydrazone groups is 1. The van der Waals surface area contributed by atoms with E-state index in [2.05, 4.69) is 15.5 Å². The second-order valence-electron chi connectivity index (χ2n) is 4.34.